The summed E-state index contributed by atoms with van der Waals surface area (Å²) in [6, 6.07) is 22.2. The summed E-state index contributed by atoms with van der Waals surface area (Å²) < 4.78 is 1.86. The van der Waals surface area contributed by atoms with Gasteiger partial charge in [-0.2, -0.15) is 0 Å². The van der Waals surface area contributed by atoms with E-state index in [1.54, 1.807) is 0 Å². The number of rotatable bonds is 7. The zero-order valence-corrected chi connectivity index (χ0v) is 24.4. The first-order valence-electron chi connectivity index (χ1n) is 14.1. The van der Waals surface area contributed by atoms with Gasteiger partial charge in [-0.15, -0.1) is 5.10 Å². The first-order chi connectivity index (χ1) is 19.9. The molecule has 1 unspecified atom stereocenters. The Labute approximate surface area is 244 Å². The maximum Gasteiger partial charge on any atom is 0.253 e. The average Bonchev–Trinajstić information content (AvgIpc) is 3.43. The highest BCUT2D eigenvalue weighted by Crippen LogP contribution is 2.31. The highest BCUT2D eigenvalue weighted by atomic mass is 35.5. The number of fused-ring (bicyclic) bond motifs is 1. The number of benzene rings is 3. The lowest BCUT2D eigenvalue weighted by molar-refractivity contribution is 0.199. The van der Waals surface area contributed by atoms with E-state index >= 15 is 0 Å². The number of pyridine rings is 1. The normalized spacial score (nSPS) is 15.0. The zero-order valence-electron chi connectivity index (χ0n) is 23.6. The second kappa shape index (κ2) is 11.5. The van der Waals surface area contributed by atoms with E-state index in [2.05, 4.69) is 74.5 Å². The van der Waals surface area contributed by atoms with E-state index in [0.29, 0.717) is 17.9 Å². The molecule has 1 atom stereocenters. The van der Waals surface area contributed by atoms with Crippen molar-refractivity contribution in [3.05, 3.63) is 116 Å². The molecule has 0 bridgehead atoms. The Hall–Kier alpha value is -4.01. The first-order valence-corrected chi connectivity index (χ1v) is 14.4. The summed E-state index contributed by atoms with van der Waals surface area (Å²) in [7, 11) is 0. The number of piperazine rings is 1. The Morgan fingerprint density at radius 3 is 2.49 bits per heavy atom. The van der Waals surface area contributed by atoms with E-state index in [-0.39, 0.29) is 5.56 Å². The Morgan fingerprint density at radius 2 is 1.71 bits per heavy atom. The van der Waals surface area contributed by atoms with Crippen molar-refractivity contribution in [3.8, 4) is 0 Å². The fraction of sp³-hybridized carbons (Fsp3) is 0.312. The Morgan fingerprint density at radius 1 is 0.927 bits per heavy atom. The molecule has 41 heavy (non-hydrogen) atoms. The second-order valence-electron chi connectivity index (χ2n) is 11.0. The summed E-state index contributed by atoms with van der Waals surface area (Å²) in [6.07, 6.45) is 0.792. The lowest BCUT2D eigenvalue weighted by atomic mass is 10.00. The molecule has 0 amide bonds. The van der Waals surface area contributed by atoms with Crippen LogP contribution in [0.1, 0.15) is 39.7 Å². The highest BCUT2D eigenvalue weighted by Gasteiger charge is 2.33. The second-order valence-corrected chi connectivity index (χ2v) is 11.4. The molecule has 0 spiro atoms. The van der Waals surface area contributed by atoms with Gasteiger partial charge in [-0.05, 0) is 84.0 Å². The summed E-state index contributed by atoms with van der Waals surface area (Å²) in [5, 5.41) is 14.7. The van der Waals surface area contributed by atoms with Gasteiger partial charge >= 0.3 is 0 Å². The van der Waals surface area contributed by atoms with Crippen molar-refractivity contribution in [2.75, 3.05) is 31.1 Å². The topological polar surface area (TPSA) is 82.9 Å². The van der Waals surface area contributed by atoms with E-state index < -0.39 is 6.04 Å². The molecule has 1 fully saturated rings. The minimum atomic E-state index is -0.391. The van der Waals surface area contributed by atoms with Gasteiger partial charge < -0.3 is 9.88 Å². The number of tetrazole rings is 1. The molecule has 8 nitrogen and oxygen atoms in total. The number of hydrogen-bond acceptors (Lipinski definition) is 6. The van der Waals surface area contributed by atoms with Crippen LogP contribution in [0, 0.1) is 20.8 Å². The van der Waals surface area contributed by atoms with Crippen LogP contribution in [-0.2, 0) is 13.0 Å². The van der Waals surface area contributed by atoms with Crippen LogP contribution < -0.4 is 10.5 Å². The molecule has 1 saturated heterocycles. The first kappa shape index (κ1) is 27.2. The van der Waals surface area contributed by atoms with Gasteiger partial charge in [0.05, 0.1) is 5.52 Å². The Bertz CT molecular complexity index is 1740. The van der Waals surface area contributed by atoms with Gasteiger partial charge in [-0.3, -0.25) is 9.69 Å². The number of halogens is 1. The maximum absolute atomic E-state index is 13.7. The van der Waals surface area contributed by atoms with E-state index in [9.17, 15) is 4.79 Å². The molecule has 5 aromatic rings. The van der Waals surface area contributed by atoms with Crippen LogP contribution in [0.5, 0.6) is 0 Å². The van der Waals surface area contributed by atoms with Crippen molar-refractivity contribution in [2.45, 2.75) is 39.8 Å². The summed E-state index contributed by atoms with van der Waals surface area (Å²) in [5.74, 6) is 0.683. The third-order valence-corrected chi connectivity index (χ3v) is 8.30. The van der Waals surface area contributed by atoms with E-state index in [0.717, 1.165) is 65.3 Å². The number of nitrogens with one attached hydrogen (secondary N) is 1. The molecular formula is C32H34ClN7O. The number of H-pyrrole nitrogens is 1. The van der Waals surface area contributed by atoms with Gasteiger partial charge in [0.1, 0.15) is 6.04 Å². The summed E-state index contributed by atoms with van der Waals surface area (Å²) in [4.78, 5) is 21.6. The van der Waals surface area contributed by atoms with Crippen LogP contribution in [0.25, 0.3) is 10.9 Å². The lowest BCUT2D eigenvalue weighted by Crippen LogP contribution is -2.49. The van der Waals surface area contributed by atoms with Crippen LogP contribution in [0.15, 0.2) is 71.5 Å². The molecule has 0 saturated carbocycles. The molecule has 1 N–H and O–H groups in total. The molecule has 1 aliphatic rings. The minimum absolute atomic E-state index is 0.111. The molecule has 0 aliphatic carbocycles. The molecule has 2 aromatic heterocycles. The number of aromatic nitrogens is 5. The van der Waals surface area contributed by atoms with E-state index in [1.807, 2.05) is 48.0 Å². The number of nitrogens with zero attached hydrogens (tertiary/aromatic N) is 6. The number of aromatic amines is 1. The third-order valence-electron chi connectivity index (χ3n) is 8.07. The van der Waals surface area contributed by atoms with E-state index in [1.165, 1.54) is 11.1 Å². The molecule has 0 radical (unpaired) electrons. The molecule has 9 heteroatoms. The predicted molar refractivity (Wildman–Crippen MR) is 164 cm³/mol. The standard InChI is InChI=1S/C32H34ClN7O/c1-21-17-23(3)29-25(18-21)19-27(32(41)34-29)30(31-35-36-37-40(31)12-11-24-7-5-4-6-8-24)39-15-13-38(14-16-39)28-20-26(33)10-9-22(28)2/h4-10,17-20,30H,11-16H2,1-3H3,(H,34,41). The van der Waals surface area contributed by atoms with Crippen LogP contribution in [0.3, 0.4) is 0 Å². The molecule has 3 heterocycles. The van der Waals surface area contributed by atoms with Crippen molar-refractivity contribution in [2.24, 2.45) is 0 Å². The molecular weight excluding hydrogens is 534 g/mol. The van der Waals surface area contributed by atoms with Gasteiger partial charge in [0.2, 0.25) is 0 Å². The van der Waals surface area contributed by atoms with E-state index in [4.69, 9.17) is 11.6 Å². The van der Waals surface area contributed by atoms with Gasteiger partial charge in [0.15, 0.2) is 5.82 Å². The fourth-order valence-corrected chi connectivity index (χ4v) is 6.16. The van der Waals surface area contributed by atoms with Crippen LogP contribution in [0.4, 0.5) is 5.69 Å². The predicted octanol–water partition coefficient (Wildman–Crippen LogP) is 5.25. The number of anilines is 1. The summed E-state index contributed by atoms with van der Waals surface area (Å²) >= 11 is 6.34. The molecule has 210 valence electrons. The van der Waals surface area contributed by atoms with Crippen molar-refractivity contribution in [1.82, 2.24) is 30.1 Å². The molecule has 1 aliphatic heterocycles. The highest BCUT2D eigenvalue weighted by molar-refractivity contribution is 6.30. The molecule has 6 rings (SSSR count). The zero-order chi connectivity index (χ0) is 28.5. The van der Waals surface area contributed by atoms with Crippen molar-refractivity contribution in [3.63, 3.8) is 0 Å². The van der Waals surface area contributed by atoms with Crippen molar-refractivity contribution < 1.29 is 0 Å². The smallest absolute Gasteiger partial charge is 0.253 e. The van der Waals surface area contributed by atoms with Crippen molar-refractivity contribution in [1.29, 1.82) is 0 Å². The summed E-state index contributed by atoms with van der Waals surface area (Å²) in [6.45, 7) is 9.92. The quantitative estimate of drug-likeness (QED) is 0.289. The van der Waals surface area contributed by atoms with Gasteiger partial charge in [0.25, 0.3) is 5.56 Å². The average molecular weight is 568 g/mol. The maximum atomic E-state index is 13.7. The van der Waals surface area contributed by atoms with Crippen molar-refractivity contribution >= 4 is 28.2 Å². The monoisotopic (exact) mass is 567 g/mol. The minimum Gasteiger partial charge on any atom is -0.369 e. The number of hydrogen-bond donors (Lipinski definition) is 1. The third kappa shape index (κ3) is 5.62. The fourth-order valence-electron chi connectivity index (χ4n) is 6.00. The number of aryl methyl sites for hydroxylation is 5. The van der Waals surface area contributed by atoms with Gasteiger partial charge in [0, 0.05) is 49.0 Å². The van der Waals surface area contributed by atoms with Crippen LogP contribution in [-0.4, -0.2) is 56.3 Å². The van der Waals surface area contributed by atoms with Crippen LogP contribution in [0.2, 0.25) is 5.02 Å². The summed E-state index contributed by atoms with van der Waals surface area (Å²) in [5.41, 5.74) is 7.18. The van der Waals surface area contributed by atoms with Crippen LogP contribution >= 0.6 is 11.6 Å². The Balaban J connectivity index is 1.37. The molecule has 3 aromatic carbocycles. The largest absolute Gasteiger partial charge is 0.369 e. The van der Waals surface area contributed by atoms with Gasteiger partial charge in [-0.25, -0.2) is 4.68 Å². The van der Waals surface area contributed by atoms with Gasteiger partial charge in [-0.1, -0.05) is 59.6 Å². The SMILES string of the molecule is Cc1cc(C)c2[nH]c(=O)c(C(c3nnnn3CCc3ccccc3)N3CCN(c4cc(Cl)ccc4C)CC3)cc2c1. The Kier molecular flexibility index (Phi) is 7.60. The lowest BCUT2D eigenvalue weighted by Gasteiger charge is -2.40.